The van der Waals surface area contributed by atoms with E-state index in [9.17, 15) is 4.79 Å². The summed E-state index contributed by atoms with van der Waals surface area (Å²) in [5.74, 6) is 0.614. The molecule has 0 aliphatic carbocycles. The SMILES string of the molecule is CC1NCCCC1C(=O)N1CCCCCC1C. The van der Waals surface area contributed by atoms with E-state index >= 15 is 0 Å². The first-order chi connectivity index (χ1) is 8.20. The fraction of sp³-hybridized carbons (Fsp3) is 0.929. The summed E-state index contributed by atoms with van der Waals surface area (Å²) in [7, 11) is 0. The molecule has 98 valence electrons. The highest BCUT2D eigenvalue weighted by Crippen LogP contribution is 2.23. The number of likely N-dealkylation sites (tertiary alicyclic amines) is 1. The number of rotatable bonds is 1. The monoisotopic (exact) mass is 238 g/mol. The van der Waals surface area contributed by atoms with Crippen LogP contribution >= 0.6 is 0 Å². The Balaban J connectivity index is 2.01. The predicted octanol–water partition coefficient (Wildman–Crippen LogP) is 2.17. The van der Waals surface area contributed by atoms with Gasteiger partial charge in [-0.2, -0.15) is 0 Å². The van der Waals surface area contributed by atoms with E-state index in [0.717, 1.165) is 25.9 Å². The van der Waals surface area contributed by atoms with E-state index in [1.165, 1.54) is 25.7 Å². The third-order valence-corrected chi connectivity index (χ3v) is 4.42. The molecule has 0 aromatic carbocycles. The quantitative estimate of drug-likeness (QED) is 0.759. The molecule has 2 fully saturated rings. The molecule has 0 radical (unpaired) electrons. The van der Waals surface area contributed by atoms with Crippen LogP contribution in [0.25, 0.3) is 0 Å². The first-order valence-corrected chi connectivity index (χ1v) is 7.24. The smallest absolute Gasteiger partial charge is 0.227 e. The van der Waals surface area contributed by atoms with Crippen molar-refractivity contribution in [3.63, 3.8) is 0 Å². The molecule has 0 bridgehead atoms. The van der Waals surface area contributed by atoms with Crippen molar-refractivity contribution in [3.8, 4) is 0 Å². The maximum atomic E-state index is 12.6. The van der Waals surface area contributed by atoms with Gasteiger partial charge in [-0.05, 0) is 46.1 Å². The van der Waals surface area contributed by atoms with Gasteiger partial charge in [0.25, 0.3) is 0 Å². The Bertz CT molecular complexity index is 267. The number of carbonyl (C=O) groups is 1. The molecular formula is C14H26N2O. The highest BCUT2D eigenvalue weighted by molar-refractivity contribution is 5.80. The Kier molecular flexibility index (Phi) is 4.43. The number of hydrogen-bond acceptors (Lipinski definition) is 2. The van der Waals surface area contributed by atoms with Crippen LogP contribution in [-0.2, 0) is 4.79 Å². The molecule has 2 rings (SSSR count). The lowest BCUT2D eigenvalue weighted by Gasteiger charge is -2.36. The summed E-state index contributed by atoms with van der Waals surface area (Å²) >= 11 is 0. The molecule has 17 heavy (non-hydrogen) atoms. The highest BCUT2D eigenvalue weighted by atomic mass is 16.2. The van der Waals surface area contributed by atoms with Crippen LogP contribution < -0.4 is 5.32 Å². The molecule has 2 aliphatic rings. The average Bonchev–Trinajstić information content (AvgIpc) is 2.54. The molecule has 0 aromatic heterocycles. The number of hydrogen-bond donors (Lipinski definition) is 1. The molecule has 1 N–H and O–H groups in total. The molecular weight excluding hydrogens is 212 g/mol. The van der Waals surface area contributed by atoms with Crippen molar-refractivity contribution in [1.82, 2.24) is 10.2 Å². The lowest BCUT2D eigenvalue weighted by molar-refractivity contribution is -0.139. The second-order valence-corrected chi connectivity index (χ2v) is 5.72. The van der Waals surface area contributed by atoms with Gasteiger partial charge in [-0.3, -0.25) is 4.79 Å². The molecule has 3 atom stereocenters. The summed E-state index contributed by atoms with van der Waals surface area (Å²) in [6.07, 6.45) is 7.14. The van der Waals surface area contributed by atoms with Gasteiger partial charge in [0, 0.05) is 18.6 Å². The Morgan fingerprint density at radius 1 is 1.12 bits per heavy atom. The van der Waals surface area contributed by atoms with Crippen molar-refractivity contribution in [3.05, 3.63) is 0 Å². The van der Waals surface area contributed by atoms with Crippen LogP contribution in [0.3, 0.4) is 0 Å². The van der Waals surface area contributed by atoms with E-state index in [0.29, 0.717) is 18.0 Å². The molecule has 0 spiro atoms. The van der Waals surface area contributed by atoms with Crippen LogP contribution in [0.1, 0.15) is 52.4 Å². The van der Waals surface area contributed by atoms with Gasteiger partial charge < -0.3 is 10.2 Å². The van der Waals surface area contributed by atoms with E-state index in [1.807, 2.05) is 0 Å². The fourth-order valence-electron chi connectivity index (χ4n) is 3.20. The van der Waals surface area contributed by atoms with Crippen LogP contribution in [0, 0.1) is 5.92 Å². The summed E-state index contributed by atoms with van der Waals surface area (Å²) in [6.45, 7) is 6.41. The van der Waals surface area contributed by atoms with E-state index in [4.69, 9.17) is 0 Å². The summed E-state index contributed by atoms with van der Waals surface area (Å²) in [5.41, 5.74) is 0. The van der Waals surface area contributed by atoms with E-state index in [2.05, 4.69) is 24.1 Å². The Hall–Kier alpha value is -0.570. The molecule has 2 aliphatic heterocycles. The van der Waals surface area contributed by atoms with E-state index in [-0.39, 0.29) is 5.92 Å². The van der Waals surface area contributed by atoms with Gasteiger partial charge in [0.1, 0.15) is 0 Å². The van der Waals surface area contributed by atoms with Gasteiger partial charge in [-0.25, -0.2) is 0 Å². The van der Waals surface area contributed by atoms with Gasteiger partial charge in [-0.1, -0.05) is 12.8 Å². The summed E-state index contributed by atoms with van der Waals surface area (Å²) in [5, 5.41) is 3.44. The lowest BCUT2D eigenvalue weighted by atomic mass is 9.90. The lowest BCUT2D eigenvalue weighted by Crippen LogP contribution is -2.50. The molecule has 1 amide bonds. The maximum absolute atomic E-state index is 12.6. The molecule has 2 heterocycles. The average molecular weight is 238 g/mol. The van der Waals surface area contributed by atoms with E-state index < -0.39 is 0 Å². The fourth-order valence-corrected chi connectivity index (χ4v) is 3.20. The summed E-state index contributed by atoms with van der Waals surface area (Å²) in [4.78, 5) is 14.8. The number of carbonyl (C=O) groups excluding carboxylic acids is 1. The summed E-state index contributed by atoms with van der Waals surface area (Å²) in [6, 6.07) is 0.797. The minimum absolute atomic E-state index is 0.212. The Labute approximate surface area is 105 Å². The summed E-state index contributed by atoms with van der Waals surface area (Å²) < 4.78 is 0. The third kappa shape index (κ3) is 3.01. The van der Waals surface area contributed by atoms with Crippen LogP contribution in [0.4, 0.5) is 0 Å². The standard InChI is InChI=1S/C14H26N2O/c1-11-7-4-3-5-10-16(11)14(17)13-8-6-9-15-12(13)2/h11-13,15H,3-10H2,1-2H3. The molecule has 3 nitrogen and oxygen atoms in total. The van der Waals surface area contributed by atoms with Crippen LogP contribution in [0.15, 0.2) is 0 Å². The first kappa shape index (κ1) is 12.9. The second kappa shape index (κ2) is 5.85. The normalized spacial score (nSPS) is 35.4. The van der Waals surface area contributed by atoms with Gasteiger partial charge in [0.15, 0.2) is 0 Å². The Morgan fingerprint density at radius 2 is 1.94 bits per heavy atom. The van der Waals surface area contributed by atoms with E-state index in [1.54, 1.807) is 0 Å². The largest absolute Gasteiger partial charge is 0.340 e. The Morgan fingerprint density at radius 3 is 2.71 bits per heavy atom. The van der Waals surface area contributed by atoms with Crippen molar-refractivity contribution in [1.29, 1.82) is 0 Å². The van der Waals surface area contributed by atoms with Gasteiger partial charge in [0.05, 0.1) is 5.92 Å². The number of piperidine rings is 1. The molecule has 3 heteroatoms. The van der Waals surface area contributed by atoms with Gasteiger partial charge in [-0.15, -0.1) is 0 Å². The third-order valence-electron chi connectivity index (χ3n) is 4.42. The zero-order chi connectivity index (χ0) is 12.3. The van der Waals surface area contributed by atoms with Crippen molar-refractivity contribution in [2.75, 3.05) is 13.1 Å². The maximum Gasteiger partial charge on any atom is 0.227 e. The predicted molar refractivity (Wildman–Crippen MR) is 69.8 cm³/mol. The molecule has 0 saturated carbocycles. The zero-order valence-electron chi connectivity index (χ0n) is 11.2. The minimum Gasteiger partial charge on any atom is -0.340 e. The molecule has 3 unspecified atom stereocenters. The van der Waals surface area contributed by atoms with Crippen LogP contribution in [0.5, 0.6) is 0 Å². The topological polar surface area (TPSA) is 32.3 Å². The van der Waals surface area contributed by atoms with Crippen molar-refractivity contribution in [2.45, 2.75) is 64.5 Å². The van der Waals surface area contributed by atoms with Crippen LogP contribution in [0.2, 0.25) is 0 Å². The van der Waals surface area contributed by atoms with Gasteiger partial charge in [0.2, 0.25) is 5.91 Å². The van der Waals surface area contributed by atoms with Crippen LogP contribution in [-0.4, -0.2) is 36.0 Å². The van der Waals surface area contributed by atoms with Crippen molar-refractivity contribution in [2.24, 2.45) is 5.92 Å². The number of nitrogens with one attached hydrogen (secondary N) is 1. The van der Waals surface area contributed by atoms with Gasteiger partial charge >= 0.3 is 0 Å². The number of amides is 1. The molecule has 2 saturated heterocycles. The zero-order valence-corrected chi connectivity index (χ0v) is 11.2. The van der Waals surface area contributed by atoms with Crippen molar-refractivity contribution < 1.29 is 4.79 Å². The molecule has 0 aromatic rings. The number of nitrogens with zero attached hydrogens (tertiary/aromatic N) is 1. The second-order valence-electron chi connectivity index (χ2n) is 5.72. The van der Waals surface area contributed by atoms with Crippen molar-refractivity contribution >= 4 is 5.91 Å². The first-order valence-electron chi connectivity index (χ1n) is 7.24. The highest BCUT2D eigenvalue weighted by Gasteiger charge is 2.33. The minimum atomic E-state index is 0.212.